The third-order valence-corrected chi connectivity index (χ3v) is 1.60. The van der Waals surface area contributed by atoms with Gasteiger partial charge in [0.25, 0.3) is 0 Å². The van der Waals surface area contributed by atoms with Crippen molar-refractivity contribution in [1.29, 1.82) is 0 Å². The molecule has 1 N–H and O–H groups in total. The zero-order valence-electron chi connectivity index (χ0n) is 7.47. The summed E-state index contributed by atoms with van der Waals surface area (Å²) in [5.41, 5.74) is 0.799. The maximum atomic E-state index is 10.6. The Hall–Kier alpha value is -1.81. The Labute approximate surface area is 81.3 Å². The van der Waals surface area contributed by atoms with Crippen molar-refractivity contribution in [2.45, 2.75) is 6.42 Å². The highest BCUT2D eigenvalue weighted by Gasteiger charge is 2.08. The lowest BCUT2D eigenvalue weighted by molar-refractivity contribution is -0.191. The summed E-state index contributed by atoms with van der Waals surface area (Å²) in [5.74, 6) is 0.353. The molecule has 0 saturated heterocycles. The number of ether oxygens (including phenoxy) is 1. The lowest BCUT2D eigenvalue weighted by Gasteiger charge is -2.05. The van der Waals surface area contributed by atoms with Gasteiger partial charge in [-0.25, -0.2) is 4.79 Å². The lowest BCUT2D eigenvalue weighted by Crippen LogP contribution is -2.08. The molecule has 1 rings (SSSR count). The summed E-state index contributed by atoms with van der Waals surface area (Å²) in [7, 11) is 0. The van der Waals surface area contributed by atoms with Gasteiger partial charge in [-0.1, -0.05) is 24.3 Å². The average Bonchev–Trinajstić information content (AvgIpc) is 2.21. The van der Waals surface area contributed by atoms with Crippen molar-refractivity contribution in [2.75, 3.05) is 0 Å². The Morgan fingerprint density at radius 3 is 2.86 bits per heavy atom. The van der Waals surface area contributed by atoms with Gasteiger partial charge in [0.15, 0.2) is 0 Å². The standard InChI is InChI=1S/C10H10O4/c1-2-5-8-6-3-4-7-9(8)13-10(11)14-12/h2-4,6-7,12H,1,5H2. The number of hydrogen-bond donors (Lipinski definition) is 1. The monoisotopic (exact) mass is 194 g/mol. The minimum Gasteiger partial charge on any atom is -0.393 e. The first-order chi connectivity index (χ1) is 6.77. The molecule has 1 aromatic rings. The summed E-state index contributed by atoms with van der Waals surface area (Å²) in [6.45, 7) is 3.58. The van der Waals surface area contributed by atoms with E-state index in [4.69, 9.17) is 5.26 Å². The molecule has 0 aliphatic heterocycles. The summed E-state index contributed by atoms with van der Waals surface area (Å²) < 4.78 is 4.69. The second-order valence-electron chi connectivity index (χ2n) is 2.54. The van der Waals surface area contributed by atoms with Crippen molar-refractivity contribution in [3.8, 4) is 5.75 Å². The molecule has 4 nitrogen and oxygen atoms in total. The molecule has 0 aliphatic rings. The highest BCUT2D eigenvalue weighted by atomic mass is 17.1. The lowest BCUT2D eigenvalue weighted by atomic mass is 10.1. The molecule has 0 saturated carbocycles. The molecule has 0 aliphatic carbocycles. The maximum Gasteiger partial charge on any atom is 0.545 e. The number of rotatable bonds is 3. The van der Waals surface area contributed by atoms with Crippen molar-refractivity contribution in [3.05, 3.63) is 42.5 Å². The highest BCUT2D eigenvalue weighted by Crippen LogP contribution is 2.18. The molecule has 0 bridgehead atoms. The summed E-state index contributed by atoms with van der Waals surface area (Å²) in [5, 5.41) is 8.02. The van der Waals surface area contributed by atoms with E-state index in [2.05, 4.69) is 16.2 Å². The number of allylic oxidation sites excluding steroid dienone is 1. The predicted molar refractivity (Wildman–Crippen MR) is 50.1 cm³/mol. The Kier molecular flexibility index (Phi) is 3.69. The van der Waals surface area contributed by atoms with E-state index in [1.54, 1.807) is 24.3 Å². The van der Waals surface area contributed by atoms with Crippen LogP contribution in [0.3, 0.4) is 0 Å². The summed E-state index contributed by atoms with van der Waals surface area (Å²) >= 11 is 0. The second kappa shape index (κ2) is 5.04. The van der Waals surface area contributed by atoms with Gasteiger partial charge in [0.1, 0.15) is 5.75 Å². The zero-order valence-corrected chi connectivity index (χ0v) is 7.47. The number of carbonyl (C=O) groups is 1. The van der Waals surface area contributed by atoms with E-state index >= 15 is 0 Å². The van der Waals surface area contributed by atoms with Crippen LogP contribution in [0.2, 0.25) is 0 Å². The zero-order chi connectivity index (χ0) is 10.4. The Balaban J connectivity index is 2.83. The van der Waals surface area contributed by atoms with Gasteiger partial charge in [0.05, 0.1) is 0 Å². The minimum atomic E-state index is -1.15. The molecule has 14 heavy (non-hydrogen) atoms. The summed E-state index contributed by atoms with van der Waals surface area (Å²) in [4.78, 5) is 14.0. The topological polar surface area (TPSA) is 55.8 Å². The van der Waals surface area contributed by atoms with Crippen LogP contribution in [0.25, 0.3) is 0 Å². The Morgan fingerprint density at radius 2 is 2.21 bits per heavy atom. The number of benzene rings is 1. The largest absolute Gasteiger partial charge is 0.545 e. The van der Waals surface area contributed by atoms with Gasteiger partial charge in [-0.15, -0.1) is 6.58 Å². The van der Waals surface area contributed by atoms with Crippen molar-refractivity contribution in [3.63, 3.8) is 0 Å². The first-order valence-electron chi connectivity index (χ1n) is 4.00. The van der Waals surface area contributed by atoms with Gasteiger partial charge in [-0.2, -0.15) is 5.26 Å². The van der Waals surface area contributed by atoms with Crippen LogP contribution in [0, 0.1) is 0 Å². The van der Waals surface area contributed by atoms with E-state index in [1.807, 2.05) is 6.07 Å². The first-order valence-corrected chi connectivity index (χ1v) is 4.00. The van der Waals surface area contributed by atoms with Gasteiger partial charge in [0, 0.05) is 0 Å². The average molecular weight is 194 g/mol. The van der Waals surface area contributed by atoms with Crippen LogP contribution >= 0.6 is 0 Å². The van der Waals surface area contributed by atoms with Crippen LogP contribution in [-0.4, -0.2) is 11.4 Å². The normalized spacial score (nSPS) is 9.21. The number of hydrogen-bond acceptors (Lipinski definition) is 4. The Morgan fingerprint density at radius 1 is 1.50 bits per heavy atom. The van der Waals surface area contributed by atoms with Crippen LogP contribution in [0.15, 0.2) is 36.9 Å². The van der Waals surface area contributed by atoms with Gasteiger partial charge in [-0.3, -0.25) is 4.89 Å². The Bertz CT molecular complexity index is 333. The van der Waals surface area contributed by atoms with Crippen LogP contribution in [0.5, 0.6) is 5.75 Å². The SMILES string of the molecule is C=CCc1ccccc1OC(=O)OO. The molecule has 0 amide bonds. The molecular weight excluding hydrogens is 184 g/mol. The van der Waals surface area contributed by atoms with Crippen LogP contribution in [0.4, 0.5) is 4.79 Å². The quantitative estimate of drug-likeness (QED) is 0.264. The smallest absolute Gasteiger partial charge is 0.393 e. The van der Waals surface area contributed by atoms with Crippen LogP contribution in [0.1, 0.15) is 5.56 Å². The third kappa shape index (κ3) is 2.60. The second-order valence-corrected chi connectivity index (χ2v) is 2.54. The van der Waals surface area contributed by atoms with E-state index in [1.165, 1.54) is 0 Å². The first kappa shape index (κ1) is 10.3. The third-order valence-electron chi connectivity index (χ3n) is 1.60. The van der Waals surface area contributed by atoms with Crippen LogP contribution in [-0.2, 0) is 11.3 Å². The van der Waals surface area contributed by atoms with Gasteiger partial charge >= 0.3 is 6.16 Å². The molecule has 0 unspecified atom stereocenters. The van der Waals surface area contributed by atoms with Crippen LogP contribution < -0.4 is 4.74 Å². The van der Waals surface area contributed by atoms with Gasteiger partial charge in [-0.05, 0) is 18.1 Å². The fourth-order valence-electron chi connectivity index (χ4n) is 1.04. The molecule has 0 spiro atoms. The number of para-hydroxylation sites is 1. The fraction of sp³-hybridized carbons (Fsp3) is 0.100. The molecule has 1 aromatic carbocycles. The van der Waals surface area contributed by atoms with Crippen molar-refractivity contribution >= 4 is 6.16 Å². The van der Waals surface area contributed by atoms with E-state index < -0.39 is 6.16 Å². The molecule has 0 fully saturated rings. The predicted octanol–water partition coefficient (Wildman–Crippen LogP) is 2.40. The maximum absolute atomic E-state index is 10.6. The van der Waals surface area contributed by atoms with Crippen molar-refractivity contribution in [2.24, 2.45) is 0 Å². The van der Waals surface area contributed by atoms with Gasteiger partial charge < -0.3 is 4.74 Å². The molecule has 4 heteroatoms. The molecule has 0 radical (unpaired) electrons. The highest BCUT2D eigenvalue weighted by molar-refractivity contribution is 5.63. The molecule has 74 valence electrons. The van der Waals surface area contributed by atoms with Gasteiger partial charge in [0.2, 0.25) is 0 Å². The van der Waals surface area contributed by atoms with E-state index in [0.717, 1.165) is 5.56 Å². The molecular formula is C10H10O4. The van der Waals surface area contributed by atoms with E-state index in [-0.39, 0.29) is 0 Å². The summed E-state index contributed by atoms with van der Waals surface area (Å²) in [6, 6.07) is 6.93. The molecule has 0 atom stereocenters. The molecule has 0 aromatic heterocycles. The fourth-order valence-corrected chi connectivity index (χ4v) is 1.04. The number of carbonyl (C=O) groups excluding carboxylic acids is 1. The molecule has 0 heterocycles. The van der Waals surface area contributed by atoms with Crippen molar-refractivity contribution in [1.82, 2.24) is 0 Å². The van der Waals surface area contributed by atoms with E-state index in [0.29, 0.717) is 12.2 Å². The van der Waals surface area contributed by atoms with Crippen molar-refractivity contribution < 1.29 is 19.7 Å². The minimum absolute atomic E-state index is 0.353. The summed E-state index contributed by atoms with van der Waals surface area (Å²) in [6.07, 6.45) is 1.11. The van der Waals surface area contributed by atoms with E-state index in [9.17, 15) is 4.79 Å².